The SMILES string of the molecule is COc1ccc(C(C)(C)CO)cc1-c1cc2ccccc2cc1C(C)(C)C. The fourth-order valence-corrected chi connectivity index (χ4v) is 3.51. The maximum atomic E-state index is 9.83. The van der Waals surface area contributed by atoms with E-state index >= 15 is 0 Å². The van der Waals surface area contributed by atoms with Gasteiger partial charge in [0.05, 0.1) is 13.7 Å². The van der Waals surface area contributed by atoms with E-state index in [1.54, 1.807) is 7.11 Å². The Hall–Kier alpha value is -2.32. The summed E-state index contributed by atoms with van der Waals surface area (Å²) in [6.45, 7) is 11.0. The quantitative estimate of drug-likeness (QED) is 0.609. The van der Waals surface area contributed by atoms with Gasteiger partial charge in [-0.15, -0.1) is 0 Å². The molecule has 0 saturated heterocycles. The average molecular weight is 363 g/mol. The molecule has 0 unspecified atom stereocenters. The van der Waals surface area contributed by atoms with E-state index in [1.807, 2.05) is 6.07 Å². The van der Waals surface area contributed by atoms with Crippen molar-refractivity contribution < 1.29 is 9.84 Å². The lowest BCUT2D eigenvalue weighted by Crippen LogP contribution is -2.22. The predicted octanol–water partition coefficient (Wildman–Crippen LogP) is 6.08. The molecule has 0 amide bonds. The molecule has 0 heterocycles. The Morgan fingerprint density at radius 1 is 0.815 bits per heavy atom. The van der Waals surface area contributed by atoms with Crippen molar-refractivity contribution in [3.05, 3.63) is 65.7 Å². The lowest BCUT2D eigenvalue weighted by atomic mass is 9.78. The van der Waals surface area contributed by atoms with Gasteiger partial charge in [-0.25, -0.2) is 0 Å². The Balaban J connectivity index is 2.35. The molecule has 2 nitrogen and oxygen atoms in total. The Morgan fingerprint density at radius 3 is 2.00 bits per heavy atom. The van der Waals surface area contributed by atoms with Crippen LogP contribution in [0.15, 0.2) is 54.6 Å². The van der Waals surface area contributed by atoms with Crippen LogP contribution in [0.3, 0.4) is 0 Å². The van der Waals surface area contributed by atoms with E-state index in [0.29, 0.717) is 0 Å². The maximum Gasteiger partial charge on any atom is 0.126 e. The van der Waals surface area contributed by atoms with E-state index in [4.69, 9.17) is 4.74 Å². The van der Waals surface area contributed by atoms with Gasteiger partial charge in [-0.3, -0.25) is 0 Å². The second kappa shape index (κ2) is 7.01. The van der Waals surface area contributed by atoms with Gasteiger partial charge >= 0.3 is 0 Å². The molecule has 3 aromatic rings. The highest BCUT2D eigenvalue weighted by atomic mass is 16.5. The first-order valence-corrected chi connectivity index (χ1v) is 9.50. The van der Waals surface area contributed by atoms with E-state index in [9.17, 15) is 5.11 Å². The molecule has 0 spiro atoms. The highest BCUT2D eigenvalue weighted by Crippen LogP contribution is 2.41. The van der Waals surface area contributed by atoms with Crippen LogP contribution in [-0.2, 0) is 10.8 Å². The summed E-state index contributed by atoms with van der Waals surface area (Å²) < 4.78 is 5.72. The molecule has 0 radical (unpaired) electrons. The first kappa shape index (κ1) is 19.4. The van der Waals surface area contributed by atoms with Crippen LogP contribution < -0.4 is 4.74 Å². The van der Waals surface area contributed by atoms with Crippen LogP contribution in [0.4, 0.5) is 0 Å². The Kier molecular flexibility index (Phi) is 5.05. The van der Waals surface area contributed by atoms with Crippen molar-refractivity contribution in [1.29, 1.82) is 0 Å². The molecule has 0 aliphatic heterocycles. The van der Waals surface area contributed by atoms with Gasteiger partial charge in [0.25, 0.3) is 0 Å². The summed E-state index contributed by atoms with van der Waals surface area (Å²) >= 11 is 0. The van der Waals surface area contributed by atoms with Gasteiger partial charge in [-0.1, -0.05) is 71.0 Å². The number of methoxy groups -OCH3 is 1. The zero-order valence-electron chi connectivity index (χ0n) is 17.3. The molecular formula is C25H30O2. The molecule has 27 heavy (non-hydrogen) atoms. The highest BCUT2D eigenvalue weighted by molar-refractivity contribution is 5.91. The monoisotopic (exact) mass is 362 g/mol. The van der Waals surface area contributed by atoms with E-state index in [-0.39, 0.29) is 17.4 Å². The number of ether oxygens (including phenoxy) is 1. The number of hydrogen-bond donors (Lipinski definition) is 1. The number of aliphatic hydroxyl groups is 1. The Bertz CT molecular complexity index is 962. The van der Waals surface area contributed by atoms with Crippen molar-refractivity contribution >= 4 is 10.8 Å². The minimum atomic E-state index is -0.306. The molecule has 0 atom stereocenters. The number of hydrogen-bond acceptors (Lipinski definition) is 2. The van der Waals surface area contributed by atoms with Crippen molar-refractivity contribution in [2.24, 2.45) is 0 Å². The standard InChI is InChI=1S/C25H30O2/c1-24(2,3)22-14-18-10-8-7-9-17(18)13-20(22)21-15-19(25(4,5)16-26)11-12-23(21)27-6/h7-15,26H,16H2,1-6H3. The van der Waals surface area contributed by atoms with Crippen LogP contribution in [0.2, 0.25) is 0 Å². The molecule has 0 aliphatic carbocycles. The fourth-order valence-electron chi connectivity index (χ4n) is 3.51. The molecule has 142 valence electrons. The van der Waals surface area contributed by atoms with Crippen molar-refractivity contribution in [2.45, 2.75) is 45.4 Å². The van der Waals surface area contributed by atoms with E-state index in [1.165, 1.54) is 21.9 Å². The molecule has 3 rings (SSSR count). The predicted molar refractivity (Wildman–Crippen MR) is 115 cm³/mol. The first-order chi connectivity index (χ1) is 12.7. The topological polar surface area (TPSA) is 29.5 Å². The fraction of sp³-hybridized carbons (Fsp3) is 0.360. The second-order valence-corrected chi connectivity index (χ2v) is 8.95. The van der Waals surface area contributed by atoms with Crippen LogP contribution in [0.1, 0.15) is 45.7 Å². The number of aliphatic hydroxyl groups excluding tert-OH is 1. The maximum absolute atomic E-state index is 9.83. The molecular weight excluding hydrogens is 332 g/mol. The van der Waals surface area contributed by atoms with E-state index < -0.39 is 0 Å². The average Bonchev–Trinajstić information content (AvgIpc) is 2.65. The summed E-state index contributed by atoms with van der Waals surface area (Å²) in [5, 5.41) is 12.3. The third-order valence-corrected chi connectivity index (χ3v) is 5.36. The van der Waals surface area contributed by atoms with Crippen LogP contribution in [0, 0.1) is 0 Å². The van der Waals surface area contributed by atoms with Gasteiger partial charge in [0.1, 0.15) is 5.75 Å². The van der Waals surface area contributed by atoms with Crippen LogP contribution in [-0.4, -0.2) is 18.8 Å². The van der Waals surface area contributed by atoms with E-state index in [0.717, 1.165) is 16.9 Å². The minimum Gasteiger partial charge on any atom is -0.496 e. The summed E-state index contributed by atoms with van der Waals surface area (Å²) in [5.74, 6) is 0.855. The zero-order valence-corrected chi connectivity index (χ0v) is 17.3. The Morgan fingerprint density at radius 2 is 1.44 bits per heavy atom. The van der Waals surface area contributed by atoms with Crippen molar-refractivity contribution in [3.8, 4) is 16.9 Å². The van der Waals surface area contributed by atoms with Gasteiger partial charge in [0.2, 0.25) is 0 Å². The number of fused-ring (bicyclic) bond motifs is 1. The van der Waals surface area contributed by atoms with Crippen molar-refractivity contribution in [1.82, 2.24) is 0 Å². The largest absolute Gasteiger partial charge is 0.496 e. The summed E-state index contributed by atoms with van der Waals surface area (Å²) in [6.07, 6.45) is 0. The smallest absolute Gasteiger partial charge is 0.126 e. The first-order valence-electron chi connectivity index (χ1n) is 9.50. The molecule has 2 heteroatoms. The lowest BCUT2D eigenvalue weighted by molar-refractivity contribution is 0.218. The van der Waals surface area contributed by atoms with Crippen molar-refractivity contribution in [2.75, 3.05) is 13.7 Å². The molecule has 0 saturated carbocycles. The van der Waals surface area contributed by atoms with Crippen LogP contribution in [0.5, 0.6) is 5.75 Å². The normalized spacial score (nSPS) is 12.4. The van der Waals surface area contributed by atoms with Crippen molar-refractivity contribution in [3.63, 3.8) is 0 Å². The van der Waals surface area contributed by atoms with Crippen LogP contribution in [0.25, 0.3) is 21.9 Å². The van der Waals surface area contributed by atoms with Gasteiger partial charge in [-0.05, 0) is 51.1 Å². The molecule has 0 bridgehead atoms. The summed E-state index contributed by atoms with van der Waals surface area (Å²) in [7, 11) is 1.72. The molecule has 0 aliphatic rings. The summed E-state index contributed by atoms with van der Waals surface area (Å²) in [6, 6.07) is 19.3. The van der Waals surface area contributed by atoms with Gasteiger partial charge in [0.15, 0.2) is 0 Å². The third-order valence-electron chi connectivity index (χ3n) is 5.36. The van der Waals surface area contributed by atoms with E-state index in [2.05, 4.69) is 83.1 Å². The number of benzene rings is 3. The zero-order chi connectivity index (χ0) is 19.8. The van der Waals surface area contributed by atoms with Gasteiger partial charge < -0.3 is 9.84 Å². The van der Waals surface area contributed by atoms with Crippen LogP contribution >= 0.6 is 0 Å². The van der Waals surface area contributed by atoms with Gasteiger partial charge in [-0.2, -0.15) is 0 Å². The highest BCUT2D eigenvalue weighted by Gasteiger charge is 2.25. The lowest BCUT2D eigenvalue weighted by Gasteiger charge is -2.27. The molecule has 1 N–H and O–H groups in total. The summed E-state index contributed by atoms with van der Waals surface area (Å²) in [4.78, 5) is 0. The Labute approximate surface area is 162 Å². The third kappa shape index (κ3) is 3.72. The number of rotatable bonds is 4. The second-order valence-electron chi connectivity index (χ2n) is 8.95. The molecule has 3 aromatic carbocycles. The summed E-state index contributed by atoms with van der Waals surface area (Å²) in [5.41, 5.74) is 4.35. The minimum absolute atomic E-state index is 0.00707. The molecule has 0 aromatic heterocycles. The van der Waals surface area contributed by atoms with Gasteiger partial charge in [0, 0.05) is 11.0 Å². The molecule has 0 fully saturated rings.